The van der Waals surface area contributed by atoms with Crippen LogP contribution in [0, 0.1) is 12.7 Å². The quantitative estimate of drug-likeness (QED) is 0.248. The number of anilines is 2. The molecule has 42 heavy (non-hydrogen) atoms. The summed E-state index contributed by atoms with van der Waals surface area (Å²) < 4.78 is 28.5. The van der Waals surface area contributed by atoms with Gasteiger partial charge in [0, 0.05) is 22.9 Å². The standard InChI is InChI=1S/C33H27FN6O2/c1-20-29-30(23-13-7-8-14-24(23)34)39-26-16-10-9-15-25(26)36-31(35-21-17-18-27(41-2)28(19-21)42-3)33(39)37-32(29)40(38-20)22-11-5-4-6-12-22/h4-19,30H,1-3H3,(H,35,36)/t30-/m1/s1. The van der Waals surface area contributed by atoms with E-state index in [-0.39, 0.29) is 5.82 Å². The first-order chi connectivity index (χ1) is 20.6. The number of aliphatic imine (C=N–C) groups is 2. The van der Waals surface area contributed by atoms with Gasteiger partial charge in [0.1, 0.15) is 5.82 Å². The predicted octanol–water partition coefficient (Wildman–Crippen LogP) is 7.13. The van der Waals surface area contributed by atoms with Crippen LogP contribution in [-0.4, -0.2) is 35.7 Å². The summed E-state index contributed by atoms with van der Waals surface area (Å²) in [5.74, 6) is 2.55. The summed E-state index contributed by atoms with van der Waals surface area (Å²) in [5, 5.41) is 8.35. The highest BCUT2D eigenvalue weighted by molar-refractivity contribution is 6.51. The van der Waals surface area contributed by atoms with Gasteiger partial charge in [0.15, 0.2) is 29.0 Å². The van der Waals surface area contributed by atoms with E-state index in [9.17, 15) is 0 Å². The number of benzene rings is 4. The molecule has 3 heterocycles. The molecule has 0 aliphatic carbocycles. The molecule has 9 heteroatoms. The highest BCUT2D eigenvalue weighted by Crippen LogP contribution is 2.48. The van der Waals surface area contributed by atoms with Crippen LogP contribution in [0.5, 0.6) is 11.5 Å². The van der Waals surface area contributed by atoms with E-state index in [1.165, 1.54) is 6.07 Å². The molecule has 2 aliphatic heterocycles. The van der Waals surface area contributed by atoms with E-state index in [0.717, 1.165) is 34.0 Å². The molecule has 1 N–H and O–H groups in total. The fourth-order valence-electron chi connectivity index (χ4n) is 5.59. The summed E-state index contributed by atoms with van der Waals surface area (Å²) in [6.45, 7) is 1.94. The zero-order chi connectivity index (χ0) is 28.8. The van der Waals surface area contributed by atoms with Crippen molar-refractivity contribution in [2.24, 2.45) is 9.98 Å². The van der Waals surface area contributed by atoms with E-state index >= 15 is 4.39 Å². The molecule has 0 amide bonds. The number of nitrogens with one attached hydrogen (secondary N) is 1. The van der Waals surface area contributed by atoms with E-state index in [0.29, 0.717) is 34.6 Å². The summed E-state index contributed by atoms with van der Waals surface area (Å²) in [7, 11) is 3.19. The number of hydrogen-bond donors (Lipinski definition) is 1. The largest absolute Gasteiger partial charge is 0.493 e. The van der Waals surface area contributed by atoms with Crippen molar-refractivity contribution in [2.75, 3.05) is 24.4 Å². The molecule has 5 aromatic rings. The zero-order valence-corrected chi connectivity index (χ0v) is 23.2. The lowest BCUT2D eigenvalue weighted by Gasteiger charge is -2.40. The van der Waals surface area contributed by atoms with Crippen LogP contribution in [-0.2, 0) is 0 Å². The van der Waals surface area contributed by atoms with Gasteiger partial charge in [-0.05, 0) is 49.4 Å². The predicted molar refractivity (Wildman–Crippen MR) is 163 cm³/mol. The molecule has 4 aromatic carbocycles. The number of hydrogen-bond acceptors (Lipinski definition) is 7. The number of amidine groups is 2. The minimum atomic E-state index is -0.551. The topological polar surface area (TPSA) is 76.3 Å². The van der Waals surface area contributed by atoms with Gasteiger partial charge in [-0.15, -0.1) is 0 Å². The number of halogens is 1. The third kappa shape index (κ3) is 4.09. The van der Waals surface area contributed by atoms with Crippen molar-refractivity contribution in [1.29, 1.82) is 0 Å². The van der Waals surface area contributed by atoms with Crippen LogP contribution in [0.25, 0.3) is 5.69 Å². The molecule has 208 valence electrons. The van der Waals surface area contributed by atoms with E-state index in [2.05, 4.69) is 10.2 Å². The lowest BCUT2D eigenvalue weighted by atomic mass is 9.93. The number of aromatic nitrogens is 2. The smallest absolute Gasteiger partial charge is 0.179 e. The van der Waals surface area contributed by atoms with Crippen molar-refractivity contribution >= 4 is 34.6 Å². The Balaban J connectivity index is 1.48. The van der Waals surface area contributed by atoms with E-state index < -0.39 is 6.04 Å². The normalized spacial score (nSPS) is 15.1. The minimum Gasteiger partial charge on any atom is -0.493 e. The third-order valence-corrected chi connectivity index (χ3v) is 7.49. The molecule has 0 saturated heterocycles. The molecule has 8 nitrogen and oxygen atoms in total. The Kier molecular flexibility index (Phi) is 6.19. The highest BCUT2D eigenvalue weighted by atomic mass is 19.1. The molecule has 2 aliphatic rings. The van der Waals surface area contributed by atoms with Gasteiger partial charge in [-0.1, -0.05) is 48.5 Å². The Morgan fingerprint density at radius 3 is 2.33 bits per heavy atom. The molecule has 0 spiro atoms. The number of fused-ring (bicyclic) bond motifs is 4. The first kappa shape index (κ1) is 25.5. The number of nitrogens with zero attached hydrogens (tertiary/aromatic N) is 5. The van der Waals surface area contributed by atoms with E-state index in [1.807, 2.05) is 96.5 Å². The molecule has 1 atom stereocenters. The van der Waals surface area contributed by atoms with Crippen LogP contribution < -0.4 is 19.7 Å². The summed E-state index contributed by atoms with van der Waals surface area (Å²) >= 11 is 0. The van der Waals surface area contributed by atoms with Crippen molar-refractivity contribution < 1.29 is 13.9 Å². The van der Waals surface area contributed by atoms with E-state index in [1.54, 1.807) is 20.3 Å². The maximum Gasteiger partial charge on any atom is 0.179 e. The van der Waals surface area contributed by atoms with Gasteiger partial charge in [-0.2, -0.15) is 5.10 Å². The van der Waals surface area contributed by atoms with Gasteiger partial charge in [0.05, 0.1) is 43.0 Å². The fourth-order valence-corrected chi connectivity index (χ4v) is 5.59. The van der Waals surface area contributed by atoms with Crippen LogP contribution in [0.1, 0.15) is 22.9 Å². The van der Waals surface area contributed by atoms with Gasteiger partial charge < -0.3 is 19.7 Å². The monoisotopic (exact) mass is 558 g/mol. The van der Waals surface area contributed by atoms with Crippen molar-refractivity contribution in [3.05, 3.63) is 120 Å². The minimum absolute atomic E-state index is 0.309. The van der Waals surface area contributed by atoms with E-state index in [4.69, 9.17) is 24.6 Å². The van der Waals surface area contributed by atoms with Crippen LogP contribution >= 0.6 is 0 Å². The average Bonchev–Trinajstić information content (AvgIpc) is 3.36. The van der Waals surface area contributed by atoms with Gasteiger partial charge in [-0.3, -0.25) is 0 Å². The Bertz CT molecular complexity index is 1880. The maximum atomic E-state index is 15.7. The van der Waals surface area contributed by atoms with Crippen LogP contribution in [0.2, 0.25) is 0 Å². The maximum absolute atomic E-state index is 15.7. The molecule has 7 rings (SSSR count). The molecule has 1 aromatic heterocycles. The second-order valence-electron chi connectivity index (χ2n) is 9.94. The molecule has 0 radical (unpaired) electrons. The van der Waals surface area contributed by atoms with Crippen molar-refractivity contribution in [3.63, 3.8) is 0 Å². The first-order valence-electron chi connectivity index (χ1n) is 13.5. The molecular formula is C33H27FN6O2. The summed E-state index contributed by atoms with van der Waals surface area (Å²) in [6.07, 6.45) is 0. The second-order valence-corrected chi connectivity index (χ2v) is 9.94. The number of ether oxygens (including phenoxy) is 2. The number of rotatable bonds is 5. The lowest BCUT2D eigenvalue weighted by Crippen LogP contribution is -2.46. The lowest BCUT2D eigenvalue weighted by molar-refractivity contribution is 0.355. The van der Waals surface area contributed by atoms with Crippen molar-refractivity contribution in [3.8, 4) is 17.2 Å². The molecular weight excluding hydrogens is 531 g/mol. The Morgan fingerprint density at radius 1 is 0.810 bits per heavy atom. The van der Waals surface area contributed by atoms with Crippen LogP contribution in [0.3, 0.4) is 0 Å². The first-order valence-corrected chi connectivity index (χ1v) is 13.5. The molecule has 0 saturated carbocycles. The highest BCUT2D eigenvalue weighted by Gasteiger charge is 2.42. The second kappa shape index (κ2) is 10.2. The Morgan fingerprint density at radius 2 is 1.55 bits per heavy atom. The third-order valence-electron chi connectivity index (χ3n) is 7.49. The Hall–Kier alpha value is -5.44. The Labute approximate surface area is 242 Å². The summed E-state index contributed by atoms with van der Waals surface area (Å²) in [5.41, 5.74) is 5.25. The molecule has 0 fully saturated rings. The number of methoxy groups -OCH3 is 2. The van der Waals surface area contributed by atoms with Crippen molar-refractivity contribution in [2.45, 2.75) is 13.0 Å². The summed E-state index contributed by atoms with van der Waals surface area (Å²) in [6, 6.07) is 29.5. The fraction of sp³-hybridized carbons (Fsp3) is 0.121. The van der Waals surface area contributed by atoms with Gasteiger partial charge in [0.2, 0.25) is 0 Å². The van der Waals surface area contributed by atoms with Gasteiger partial charge in [-0.25, -0.2) is 19.1 Å². The molecule has 0 unspecified atom stereocenters. The number of aryl methyl sites for hydroxylation is 1. The zero-order valence-electron chi connectivity index (χ0n) is 23.2. The van der Waals surface area contributed by atoms with Gasteiger partial charge in [0.25, 0.3) is 0 Å². The van der Waals surface area contributed by atoms with Gasteiger partial charge >= 0.3 is 0 Å². The SMILES string of the molecule is COc1ccc(NC2=Nc3ccccc3N3C2=Nc2c(c(C)nn2-c2ccccc2)[C@H]3c2ccccc2F)cc1OC. The van der Waals surface area contributed by atoms with Crippen LogP contribution in [0.15, 0.2) is 107 Å². The van der Waals surface area contributed by atoms with Crippen molar-refractivity contribution in [1.82, 2.24) is 9.78 Å². The van der Waals surface area contributed by atoms with Crippen LogP contribution in [0.4, 0.5) is 27.3 Å². The molecule has 0 bridgehead atoms. The summed E-state index contributed by atoms with van der Waals surface area (Å²) in [4.78, 5) is 12.2. The number of para-hydroxylation sites is 3. The average molecular weight is 559 g/mol.